The number of benzene rings is 1. The van der Waals surface area contributed by atoms with Gasteiger partial charge in [-0.15, -0.1) is 11.3 Å². The average molecular weight is 261 g/mol. The summed E-state index contributed by atoms with van der Waals surface area (Å²) >= 11 is 1.87. The summed E-state index contributed by atoms with van der Waals surface area (Å²) in [6.45, 7) is 4.59. The van der Waals surface area contributed by atoms with Gasteiger partial charge in [0.2, 0.25) is 0 Å². The highest BCUT2D eigenvalue weighted by molar-refractivity contribution is 7.17. The highest BCUT2D eigenvalue weighted by Gasteiger charge is 2.10. The maximum absolute atomic E-state index is 3.42. The molecule has 0 amide bonds. The van der Waals surface area contributed by atoms with Crippen LogP contribution in [0, 0.1) is 5.92 Å². The van der Waals surface area contributed by atoms with Crippen LogP contribution in [-0.2, 0) is 6.42 Å². The van der Waals surface area contributed by atoms with Crippen molar-refractivity contribution in [3.05, 3.63) is 35.2 Å². The Bertz CT molecular complexity index is 487. The van der Waals surface area contributed by atoms with Gasteiger partial charge in [-0.2, -0.15) is 0 Å². The van der Waals surface area contributed by atoms with Gasteiger partial charge in [-0.3, -0.25) is 0 Å². The molecule has 1 unspecified atom stereocenters. The van der Waals surface area contributed by atoms with Crippen LogP contribution in [0.4, 0.5) is 0 Å². The molecule has 2 aromatic rings. The third-order valence-corrected chi connectivity index (χ3v) is 4.71. The molecule has 0 spiro atoms. The van der Waals surface area contributed by atoms with Gasteiger partial charge in [0.25, 0.3) is 0 Å². The van der Waals surface area contributed by atoms with Gasteiger partial charge in [0.1, 0.15) is 0 Å². The molecule has 0 aliphatic rings. The minimum absolute atomic E-state index is 0.648. The van der Waals surface area contributed by atoms with E-state index in [1.165, 1.54) is 34.9 Å². The Balaban J connectivity index is 1.94. The standard InChI is InChI=1S/C16H23NS/c1-12(2)15(17-3)9-6-7-13-11-18-16-10-5-4-8-14(13)16/h4-5,8,10-12,15,17H,6-7,9H2,1-3H3. The third-order valence-electron chi connectivity index (χ3n) is 3.70. The first-order chi connectivity index (χ1) is 8.72. The minimum Gasteiger partial charge on any atom is -0.317 e. The monoisotopic (exact) mass is 261 g/mol. The molecule has 1 aromatic carbocycles. The fourth-order valence-electron chi connectivity index (χ4n) is 2.55. The zero-order valence-corrected chi connectivity index (χ0v) is 12.4. The molecule has 1 N–H and O–H groups in total. The summed E-state index contributed by atoms with van der Waals surface area (Å²) in [7, 11) is 2.07. The first-order valence-corrected chi connectivity index (χ1v) is 7.72. The van der Waals surface area contributed by atoms with Crippen molar-refractivity contribution in [1.82, 2.24) is 5.32 Å². The molecule has 2 rings (SSSR count). The van der Waals surface area contributed by atoms with Crippen LogP contribution in [0.5, 0.6) is 0 Å². The Hall–Kier alpha value is -0.860. The molecule has 98 valence electrons. The molecule has 18 heavy (non-hydrogen) atoms. The summed E-state index contributed by atoms with van der Waals surface area (Å²) in [5.74, 6) is 0.717. The summed E-state index contributed by atoms with van der Waals surface area (Å²) in [6, 6.07) is 9.38. The quantitative estimate of drug-likeness (QED) is 0.809. The highest BCUT2D eigenvalue weighted by Crippen LogP contribution is 2.27. The van der Waals surface area contributed by atoms with Crippen LogP contribution in [0.15, 0.2) is 29.6 Å². The Morgan fingerprint density at radius 2 is 2.00 bits per heavy atom. The van der Waals surface area contributed by atoms with E-state index in [0.29, 0.717) is 12.0 Å². The number of fused-ring (bicyclic) bond motifs is 1. The Labute approximate surface area is 114 Å². The average Bonchev–Trinajstić information content (AvgIpc) is 2.78. The maximum Gasteiger partial charge on any atom is 0.0345 e. The largest absolute Gasteiger partial charge is 0.317 e. The number of hydrogen-bond donors (Lipinski definition) is 1. The van der Waals surface area contributed by atoms with E-state index in [0.717, 1.165) is 0 Å². The molecule has 0 aliphatic carbocycles. The predicted molar refractivity (Wildman–Crippen MR) is 82.4 cm³/mol. The van der Waals surface area contributed by atoms with Gasteiger partial charge in [-0.25, -0.2) is 0 Å². The van der Waals surface area contributed by atoms with E-state index in [-0.39, 0.29) is 0 Å². The lowest BCUT2D eigenvalue weighted by molar-refractivity contribution is 0.394. The molecule has 0 aliphatic heterocycles. The van der Waals surface area contributed by atoms with E-state index in [4.69, 9.17) is 0 Å². The van der Waals surface area contributed by atoms with E-state index in [9.17, 15) is 0 Å². The maximum atomic E-state index is 3.42. The highest BCUT2D eigenvalue weighted by atomic mass is 32.1. The second-order valence-electron chi connectivity index (χ2n) is 5.29. The van der Waals surface area contributed by atoms with Crippen molar-refractivity contribution in [2.75, 3.05) is 7.05 Å². The molecular weight excluding hydrogens is 238 g/mol. The summed E-state index contributed by atoms with van der Waals surface area (Å²) in [5.41, 5.74) is 1.52. The number of hydrogen-bond acceptors (Lipinski definition) is 2. The Morgan fingerprint density at radius 3 is 2.72 bits per heavy atom. The van der Waals surface area contributed by atoms with E-state index >= 15 is 0 Å². The van der Waals surface area contributed by atoms with Crippen molar-refractivity contribution in [3.8, 4) is 0 Å². The molecule has 0 radical (unpaired) electrons. The molecule has 0 saturated heterocycles. The van der Waals surface area contributed by atoms with Crippen molar-refractivity contribution in [1.29, 1.82) is 0 Å². The van der Waals surface area contributed by atoms with Crippen LogP contribution in [-0.4, -0.2) is 13.1 Å². The van der Waals surface area contributed by atoms with E-state index in [1.54, 1.807) is 0 Å². The summed E-state index contributed by atoms with van der Waals surface area (Å²) in [4.78, 5) is 0. The lowest BCUT2D eigenvalue weighted by Gasteiger charge is -2.19. The molecule has 2 heteroatoms. The molecule has 1 atom stereocenters. The fraction of sp³-hybridized carbons (Fsp3) is 0.500. The van der Waals surface area contributed by atoms with Crippen LogP contribution in [0.1, 0.15) is 32.3 Å². The first-order valence-electron chi connectivity index (χ1n) is 6.84. The molecule has 1 aromatic heterocycles. The second-order valence-corrected chi connectivity index (χ2v) is 6.20. The molecule has 0 bridgehead atoms. The third kappa shape index (κ3) is 3.12. The van der Waals surface area contributed by atoms with Crippen molar-refractivity contribution in [3.63, 3.8) is 0 Å². The number of nitrogens with one attached hydrogen (secondary N) is 1. The topological polar surface area (TPSA) is 12.0 Å². The zero-order valence-electron chi connectivity index (χ0n) is 11.6. The van der Waals surface area contributed by atoms with Crippen LogP contribution in [0.25, 0.3) is 10.1 Å². The number of aryl methyl sites for hydroxylation is 1. The van der Waals surface area contributed by atoms with Gasteiger partial charge in [-0.1, -0.05) is 32.0 Å². The molecular formula is C16H23NS. The second kappa shape index (κ2) is 6.35. The fourth-order valence-corrected chi connectivity index (χ4v) is 3.55. The Kier molecular flexibility index (Phi) is 4.79. The molecule has 1 heterocycles. The zero-order chi connectivity index (χ0) is 13.0. The molecule has 0 saturated carbocycles. The van der Waals surface area contributed by atoms with Gasteiger partial charge in [-0.05, 0) is 54.6 Å². The van der Waals surface area contributed by atoms with Gasteiger partial charge in [0, 0.05) is 10.7 Å². The minimum atomic E-state index is 0.648. The smallest absolute Gasteiger partial charge is 0.0345 e. The van der Waals surface area contributed by atoms with E-state index in [2.05, 4.69) is 55.9 Å². The lowest BCUT2D eigenvalue weighted by Crippen LogP contribution is -2.30. The predicted octanol–water partition coefficient (Wildman–Crippen LogP) is 4.47. The van der Waals surface area contributed by atoms with E-state index in [1.807, 2.05) is 11.3 Å². The lowest BCUT2D eigenvalue weighted by atomic mass is 9.97. The SMILES string of the molecule is CNC(CCCc1csc2ccccc12)C(C)C. The van der Waals surface area contributed by atoms with Gasteiger partial charge in [0.05, 0.1) is 0 Å². The van der Waals surface area contributed by atoms with Crippen LogP contribution in [0.3, 0.4) is 0 Å². The Morgan fingerprint density at radius 1 is 1.22 bits per heavy atom. The number of thiophene rings is 1. The van der Waals surface area contributed by atoms with Gasteiger partial charge < -0.3 is 5.32 Å². The summed E-state index contributed by atoms with van der Waals surface area (Å²) in [6.07, 6.45) is 3.73. The van der Waals surface area contributed by atoms with Crippen molar-refractivity contribution in [2.45, 2.75) is 39.2 Å². The summed E-state index contributed by atoms with van der Waals surface area (Å²) in [5, 5.41) is 7.20. The number of rotatable bonds is 6. The summed E-state index contributed by atoms with van der Waals surface area (Å²) < 4.78 is 1.42. The van der Waals surface area contributed by atoms with Crippen LogP contribution < -0.4 is 5.32 Å². The van der Waals surface area contributed by atoms with Gasteiger partial charge >= 0.3 is 0 Å². The van der Waals surface area contributed by atoms with Crippen molar-refractivity contribution in [2.24, 2.45) is 5.92 Å². The molecule has 1 nitrogen and oxygen atoms in total. The van der Waals surface area contributed by atoms with E-state index < -0.39 is 0 Å². The van der Waals surface area contributed by atoms with Crippen molar-refractivity contribution >= 4 is 21.4 Å². The normalized spacial score (nSPS) is 13.3. The van der Waals surface area contributed by atoms with Gasteiger partial charge in [0.15, 0.2) is 0 Å². The van der Waals surface area contributed by atoms with Crippen molar-refractivity contribution < 1.29 is 0 Å². The molecule has 0 fully saturated rings. The van der Waals surface area contributed by atoms with Crippen LogP contribution in [0.2, 0.25) is 0 Å². The van der Waals surface area contributed by atoms with Crippen LogP contribution >= 0.6 is 11.3 Å². The first kappa shape index (κ1) is 13.6.